The summed E-state index contributed by atoms with van der Waals surface area (Å²) in [4.78, 5) is 29.0. The number of piperidine rings is 1. The standard InChI is InChI=1S/C21H26N4O3/c1-16-11-17(2)25(22-16)12-19(26)23-10-6-9-21(14-23)15-24(20(27)13-28-21)18-7-4-3-5-8-18/h3-5,7-8,11H,6,9-10,12-15H2,1-2H3. The zero-order valence-corrected chi connectivity index (χ0v) is 16.4. The third-order valence-corrected chi connectivity index (χ3v) is 5.60. The Morgan fingerprint density at radius 1 is 1.21 bits per heavy atom. The maximum Gasteiger partial charge on any atom is 0.253 e. The van der Waals surface area contributed by atoms with Crippen LogP contribution in [0.25, 0.3) is 0 Å². The number of para-hydroxylation sites is 1. The van der Waals surface area contributed by atoms with E-state index in [1.165, 1.54) is 0 Å². The van der Waals surface area contributed by atoms with Gasteiger partial charge in [0, 0.05) is 17.9 Å². The molecule has 0 radical (unpaired) electrons. The highest BCUT2D eigenvalue weighted by molar-refractivity contribution is 5.95. The second-order valence-electron chi connectivity index (χ2n) is 7.79. The third kappa shape index (κ3) is 3.67. The van der Waals surface area contributed by atoms with E-state index in [2.05, 4.69) is 5.10 Å². The van der Waals surface area contributed by atoms with Gasteiger partial charge in [-0.2, -0.15) is 5.10 Å². The Labute approximate surface area is 164 Å². The summed E-state index contributed by atoms with van der Waals surface area (Å²) < 4.78 is 7.77. The molecule has 3 heterocycles. The van der Waals surface area contributed by atoms with Crippen LogP contribution < -0.4 is 4.90 Å². The van der Waals surface area contributed by atoms with Crippen molar-refractivity contribution in [1.29, 1.82) is 0 Å². The fourth-order valence-corrected chi connectivity index (χ4v) is 4.18. The van der Waals surface area contributed by atoms with Crippen LogP contribution in [0, 0.1) is 13.8 Å². The van der Waals surface area contributed by atoms with Gasteiger partial charge in [-0.3, -0.25) is 14.3 Å². The molecule has 1 atom stereocenters. The molecule has 2 saturated heterocycles. The minimum atomic E-state index is -0.507. The van der Waals surface area contributed by atoms with Crippen molar-refractivity contribution in [2.24, 2.45) is 0 Å². The van der Waals surface area contributed by atoms with Gasteiger partial charge in [-0.1, -0.05) is 18.2 Å². The molecule has 1 aromatic carbocycles. The number of aryl methyl sites for hydroxylation is 2. The van der Waals surface area contributed by atoms with Gasteiger partial charge in [0.2, 0.25) is 5.91 Å². The monoisotopic (exact) mass is 382 g/mol. The molecule has 2 amide bonds. The van der Waals surface area contributed by atoms with Gasteiger partial charge in [-0.05, 0) is 44.9 Å². The van der Waals surface area contributed by atoms with Crippen molar-refractivity contribution in [1.82, 2.24) is 14.7 Å². The molecule has 0 bridgehead atoms. The Morgan fingerprint density at radius 2 is 2.00 bits per heavy atom. The van der Waals surface area contributed by atoms with E-state index in [0.29, 0.717) is 19.6 Å². The summed E-state index contributed by atoms with van der Waals surface area (Å²) in [6.07, 6.45) is 1.70. The molecular formula is C21H26N4O3. The minimum Gasteiger partial charge on any atom is -0.361 e. The summed E-state index contributed by atoms with van der Waals surface area (Å²) in [5.74, 6) is -0.0000442. The molecule has 7 heteroatoms. The highest BCUT2D eigenvalue weighted by atomic mass is 16.5. The number of carbonyl (C=O) groups is 2. The number of morpholine rings is 1. The molecule has 4 rings (SSSR count). The van der Waals surface area contributed by atoms with Crippen LogP contribution in [0.5, 0.6) is 0 Å². The zero-order valence-electron chi connectivity index (χ0n) is 16.4. The fraction of sp³-hybridized carbons (Fsp3) is 0.476. The number of rotatable bonds is 3. The van der Waals surface area contributed by atoms with Crippen molar-refractivity contribution in [3.8, 4) is 0 Å². The SMILES string of the molecule is Cc1cc(C)n(CC(=O)N2CCCC3(C2)CN(c2ccccc2)C(=O)CO3)n1. The molecule has 0 saturated carbocycles. The lowest BCUT2D eigenvalue weighted by Crippen LogP contribution is -2.62. The Bertz CT molecular complexity index is 879. The van der Waals surface area contributed by atoms with Crippen molar-refractivity contribution in [3.05, 3.63) is 47.8 Å². The molecule has 148 valence electrons. The summed E-state index contributed by atoms with van der Waals surface area (Å²) in [6, 6.07) is 11.6. The average molecular weight is 382 g/mol. The van der Waals surface area contributed by atoms with Gasteiger partial charge in [0.1, 0.15) is 18.8 Å². The number of amides is 2. The quantitative estimate of drug-likeness (QED) is 0.814. The number of likely N-dealkylation sites (tertiary alicyclic amines) is 1. The highest BCUT2D eigenvalue weighted by Crippen LogP contribution is 2.31. The number of aromatic nitrogens is 2. The number of nitrogens with zero attached hydrogens (tertiary/aromatic N) is 4. The van der Waals surface area contributed by atoms with Crippen LogP contribution in [-0.2, 0) is 20.9 Å². The van der Waals surface area contributed by atoms with E-state index in [1.54, 1.807) is 9.58 Å². The Hall–Kier alpha value is -2.67. The molecule has 7 nitrogen and oxygen atoms in total. The molecular weight excluding hydrogens is 356 g/mol. The molecule has 2 fully saturated rings. The summed E-state index contributed by atoms with van der Waals surface area (Å²) >= 11 is 0. The lowest BCUT2D eigenvalue weighted by atomic mass is 9.90. The van der Waals surface area contributed by atoms with Gasteiger partial charge in [0.15, 0.2) is 0 Å². The van der Waals surface area contributed by atoms with E-state index in [0.717, 1.165) is 29.9 Å². The number of anilines is 1. The molecule has 1 spiro atoms. The van der Waals surface area contributed by atoms with E-state index in [4.69, 9.17) is 4.74 Å². The van der Waals surface area contributed by atoms with E-state index in [9.17, 15) is 9.59 Å². The highest BCUT2D eigenvalue weighted by Gasteiger charge is 2.44. The number of carbonyl (C=O) groups excluding carboxylic acids is 2. The van der Waals surface area contributed by atoms with Crippen LogP contribution >= 0.6 is 0 Å². The van der Waals surface area contributed by atoms with Gasteiger partial charge < -0.3 is 14.5 Å². The predicted molar refractivity (Wildman–Crippen MR) is 105 cm³/mol. The number of ether oxygens (including phenoxy) is 1. The predicted octanol–water partition coefficient (Wildman–Crippen LogP) is 1.92. The summed E-state index contributed by atoms with van der Waals surface area (Å²) in [7, 11) is 0. The van der Waals surface area contributed by atoms with Crippen LogP contribution in [0.15, 0.2) is 36.4 Å². The van der Waals surface area contributed by atoms with Gasteiger partial charge >= 0.3 is 0 Å². The molecule has 2 aromatic rings. The van der Waals surface area contributed by atoms with Crippen LogP contribution in [0.2, 0.25) is 0 Å². The largest absolute Gasteiger partial charge is 0.361 e. The molecule has 0 aliphatic carbocycles. The maximum atomic E-state index is 12.9. The first-order valence-corrected chi connectivity index (χ1v) is 9.74. The van der Waals surface area contributed by atoms with Crippen LogP contribution in [0.3, 0.4) is 0 Å². The normalized spacial score (nSPS) is 22.7. The smallest absolute Gasteiger partial charge is 0.253 e. The van der Waals surface area contributed by atoms with Crippen LogP contribution in [0.1, 0.15) is 24.2 Å². The maximum absolute atomic E-state index is 12.9. The van der Waals surface area contributed by atoms with E-state index in [1.807, 2.05) is 55.1 Å². The molecule has 2 aliphatic rings. The summed E-state index contributed by atoms with van der Waals surface area (Å²) in [5.41, 5.74) is 2.26. The first kappa shape index (κ1) is 18.7. The van der Waals surface area contributed by atoms with E-state index in [-0.39, 0.29) is 25.0 Å². The van der Waals surface area contributed by atoms with Gasteiger partial charge in [0.05, 0.1) is 18.8 Å². The topological polar surface area (TPSA) is 67.7 Å². The van der Waals surface area contributed by atoms with Gasteiger partial charge in [0.25, 0.3) is 5.91 Å². The number of benzene rings is 1. The Balaban J connectivity index is 1.48. The Kier molecular flexibility index (Phi) is 4.93. The molecule has 0 N–H and O–H groups in total. The Morgan fingerprint density at radius 3 is 2.71 bits per heavy atom. The number of hydrogen-bond acceptors (Lipinski definition) is 4. The van der Waals surface area contributed by atoms with Crippen molar-refractivity contribution in [2.75, 3.05) is 31.1 Å². The second-order valence-corrected chi connectivity index (χ2v) is 7.79. The minimum absolute atomic E-state index is 0.0389. The summed E-state index contributed by atoms with van der Waals surface area (Å²) in [5, 5.41) is 4.40. The first-order chi connectivity index (χ1) is 13.5. The van der Waals surface area contributed by atoms with Gasteiger partial charge in [-0.25, -0.2) is 0 Å². The molecule has 28 heavy (non-hydrogen) atoms. The van der Waals surface area contributed by atoms with Crippen LogP contribution in [-0.4, -0.2) is 58.3 Å². The van der Waals surface area contributed by atoms with Crippen molar-refractivity contribution in [3.63, 3.8) is 0 Å². The third-order valence-electron chi connectivity index (χ3n) is 5.60. The van der Waals surface area contributed by atoms with Crippen molar-refractivity contribution >= 4 is 17.5 Å². The lowest BCUT2D eigenvalue weighted by Gasteiger charge is -2.47. The molecule has 1 aromatic heterocycles. The number of hydrogen-bond donors (Lipinski definition) is 0. The molecule has 2 aliphatic heterocycles. The average Bonchev–Trinajstić information content (AvgIpc) is 3.01. The zero-order chi connectivity index (χ0) is 19.7. The fourth-order valence-electron chi connectivity index (χ4n) is 4.18. The van der Waals surface area contributed by atoms with Crippen molar-refractivity contribution < 1.29 is 14.3 Å². The van der Waals surface area contributed by atoms with E-state index >= 15 is 0 Å². The lowest BCUT2D eigenvalue weighted by molar-refractivity contribution is -0.153. The van der Waals surface area contributed by atoms with E-state index < -0.39 is 5.60 Å². The van der Waals surface area contributed by atoms with Crippen molar-refractivity contribution in [2.45, 2.75) is 38.8 Å². The second kappa shape index (κ2) is 7.39. The first-order valence-electron chi connectivity index (χ1n) is 9.74. The molecule has 1 unspecified atom stereocenters. The summed E-state index contributed by atoms with van der Waals surface area (Å²) in [6.45, 7) is 5.85. The van der Waals surface area contributed by atoms with Crippen LogP contribution in [0.4, 0.5) is 5.69 Å². The van der Waals surface area contributed by atoms with Gasteiger partial charge in [-0.15, -0.1) is 0 Å².